The van der Waals surface area contributed by atoms with Crippen molar-refractivity contribution in [2.45, 2.75) is 85.2 Å². The molecule has 316 valence electrons. The maximum absolute atomic E-state index is 13.9. The van der Waals surface area contributed by atoms with E-state index in [1.165, 1.54) is 14.2 Å². The summed E-state index contributed by atoms with van der Waals surface area (Å²) in [4.78, 5) is 72.4. The number of benzene rings is 3. The van der Waals surface area contributed by atoms with Crippen molar-refractivity contribution in [2.24, 2.45) is 23.7 Å². The summed E-state index contributed by atoms with van der Waals surface area (Å²) in [5.74, 6) is 2.15. The van der Waals surface area contributed by atoms with Gasteiger partial charge in [-0.15, -0.1) is 0 Å². The van der Waals surface area contributed by atoms with Gasteiger partial charge in [-0.25, -0.2) is 19.6 Å². The second-order valence-electron chi connectivity index (χ2n) is 17.4. The number of carbonyl (C=O) groups excluding carboxylic acids is 4. The number of hydrogen-bond donors (Lipinski definition) is 4. The smallest absolute Gasteiger partial charge is 0.407 e. The van der Waals surface area contributed by atoms with E-state index in [0.717, 1.165) is 68.3 Å². The summed E-state index contributed by atoms with van der Waals surface area (Å²) in [5, 5.41) is 7.45. The van der Waals surface area contributed by atoms with Gasteiger partial charge < -0.3 is 44.6 Å². The van der Waals surface area contributed by atoms with Crippen molar-refractivity contribution in [1.29, 1.82) is 0 Å². The summed E-state index contributed by atoms with van der Waals surface area (Å²) in [6.07, 6.45) is 2.05. The molecule has 60 heavy (non-hydrogen) atoms. The van der Waals surface area contributed by atoms with Gasteiger partial charge in [0, 0.05) is 24.0 Å². The van der Waals surface area contributed by atoms with Crippen LogP contribution in [-0.2, 0) is 25.7 Å². The lowest BCUT2D eigenvalue weighted by molar-refractivity contribution is -0.136. The van der Waals surface area contributed by atoms with E-state index in [0.29, 0.717) is 31.3 Å². The number of alkyl carbamates (subject to hydrolysis) is 2. The highest BCUT2D eigenvalue weighted by Gasteiger charge is 2.42. The molecule has 3 aromatic carbocycles. The van der Waals surface area contributed by atoms with E-state index in [1.807, 2.05) is 49.8 Å². The topological polar surface area (TPSA) is 184 Å². The monoisotopic (exact) mass is 818 g/mol. The molecule has 4 amide bonds. The van der Waals surface area contributed by atoms with Gasteiger partial charge in [-0.2, -0.15) is 0 Å². The lowest BCUT2D eigenvalue weighted by Gasteiger charge is -2.30. The molecule has 6 atom stereocenters. The number of rotatable bonds is 9. The Balaban J connectivity index is 1.04. The van der Waals surface area contributed by atoms with Crippen molar-refractivity contribution in [3.05, 3.63) is 65.9 Å². The fraction of sp³-hybridized carbons (Fsp3) is 0.467. The molecule has 0 radical (unpaired) electrons. The summed E-state index contributed by atoms with van der Waals surface area (Å²) in [6, 6.07) is 12.7. The van der Waals surface area contributed by atoms with Gasteiger partial charge in [-0.3, -0.25) is 9.59 Å². The van der Waals surface area contributed by atoms with Crippen LogP contribution in [0.1, 0.15) is 83.7 Å². The number of nitrogens with zero attached hydrogens (tertiary/aromatic N) is 4. The molecule has 2 aromatic heterocycles. The summed E-state index contributed by atoms with van der Waals surface area (Å²) in [5.41, 5.74) is 6.59. The molecule has 1 unspecified atom stereocenters. The molecule has 2 fully saturated rings. The van der Waals surface area contributed by atoms with Crippen LogP contribution in [-0.4, -0.2) is 93.1 Å². The molecule has 0 bridgehead atoms. The van der Waals surface area contributed by atoms with E-state index in [-0.39, 0.29) is 47.6 Å². The number of hydrogen-bond acceptors (Lipinski definition) is 9. The average molecular weight is 819 g/mol. The van der Waals surface area contributed by atoms with E-state index < -0.39 is 24.3 Å². The maximum atomic E-state index is 13.9. The number of ether oxygens (including phenoxy) is 3. The standard InChI is InChI=1S/C45H54N8O7/c1-22(2)37(50-44(56)58-7)42(54)52-19-24(5)13-34(52)40-46-18-33(48-40)27-9-11-29-28(15-27)21-60-36-17-30-26(16-31(29)36)10-12-32-39(30)49-41(47-32)35-14-25(6)20-53(35)43(55)38(23(3)4)51-45(57)59-8/h9-12,15-18,22-25,34-35,37-38H,13-14,19-21H2,1-8H3,(H,46,48)(H,47,49)(H,50,56)(H,51,57)/t24-,25-,34-,35-,37-,38?/m0/s1. The number of amides is 4. The highest BCUT2D eigenvalue weighted by molar-refractivity contribution is 6.07. The number of aromatic amines is 2. The zero-order valence-electron chi connectivity index (χ0n) is 35.4. The lowest BCUT2D eigenvalue weighted by Crippen LogP contribution is -2.51. The Morgan fingerprint density at radius 1 is 0.783 bits per heavy atom. The van der Waals surface area contributed by atoms with E-state index >= 15 is 0 Å². The largest absolute Gasteiger partial charge is 0.488 e. The van der Waals surface area contributed by atoms with Crippen molar-refractivity contribution in [3.8, 4) is 28.1 Å². The summed E-state index contributed by atoms with van der Waals surface area (Å²) in [7, 11) is 2.59. The Hall–Kier alpha value is -6.12. The van der Waals surface area contributed by atoms with Gasteiger partial charge in [-0.05, 0) is 82.9 Å². The molecule has 0 spiro atoms. The third-order valence-electron chi connectivity index (χ3n) is 12.3. The first-order chi connectivity index (χ1) is 28.7. The van der Waals surface area contributed by atoms with Crippen LogP contribution in [0, 0.1) is 23.7 Å². The van der Waals surface area contributed by atoms with Crippen LogP contribution in [0.2, 0.25) is 0 Å². The average Bonchev–Trinajstić information content (AvgIpc) is 4.05. The van der Waals surface area contributed by atoms with Crippen LogP contribution in [0.4, 0.5) is 9.59 Å². The first-order valence-electron chi connectivity index (χ1n) is 20.8. The van der Waals surface area contributed by atoms with Crippen molar-refractivity contribution >= 4 is 45.8 Å². The van der Waals surface area contributed by atoms with Gasteiger partial charge >= 0.3 is 12.2 Å². The van der Waals surface area contributed by atoms with Crippen LogP contribution in [0.25, 0.3) is 44.2 Å². The minimum Gasteiger partial charge on any atom is -0.488 e. The van der Waals surface area contributed by atoms with Gasteiger partial charge in [0.2, 0.25) is 11.8 Å². The third-order valence-corrected chi connectivity index (χ3v) is 12.3. The first kappa shape index (κ1) is 40.7. The van der Waals surface area contributed by atoms with Gasteiger partial charge in [0.15, 0.2) is 0 Å². The minimum absolute atomic E-state index is 0.126. The molecule has 5 heterocycles. The third kappa shape index (κ3) is 7.49. The second kappa shape index (κ2) is 16.1. The Bertz CT molecular complexity index is 2470. The number of aromatic nitrogens is 4. The highest BCUT2D eigenvalue weighted by atomic mass is 16.5. The van der Waals surface area contributed by atoms with Gasteiger partial charge in [-0.1, -0.05) is 59.7 Å². The molecular formula is C45H54N8O7. The van der Waals surface area contributed by atoms with Crippen LogP contribution < -0.4 is 15.4 Å². The number of likely N-dealkylation sites (tertiary alicyclic amines) is 2. The molecule has 4 N–H and O–H groups in total. The Morgan fingerprint density at radius 2 is 1.40 bits per heavy atom. The van der Waals surface area contributed by atoms with Gasteiger partial charge in [0.05, 0.1) is 49.2 Å². The molecule has 3 aliphatic rings. The van der Waals surface area contributed by atoms with Crippen molar-refractivity contribution in [1.82, 2.24) is 40.4 Å². The molecule has 15 heteroatoms. The van der Waals surface area contributed by atoms with Crippen LogP contribution in [0.5, 0.6) is 5.75 Å². The second-order valence-corrected chi connectivity index (χ2v) is 17.4. The van der Waals surface area contributed by atoms with E-state index in [4.69, 9.17) is 24.2 Å². The number of methoxy groups -OCH3 is 2. The normalized spacial score (nSPS) is 20.8. The molecule has 8 rings (SSSR count). The molecule has 3 aliphatic heterocycles. The fourth-order valence-electron chi connectivity index (χ4n) is 9.14. The van der Waals surface area contributed by atoms with Gasteiger partial charge in [0.25, 0.3) is 0 Å². The number of nitrogens with one attached hydrogen (secondary N) is 4. The Kier molecular flexibility index (Phi) is 10.9. The first-order valence-corrected chi connectivity index (χ1v) is 20.8. The zero-order chi connectivity index (χ0) is 42.6. The molecule has 0 saturated carbocycles. The van der Waals surface area contributed by atoms with Crippen LogP contribution in [0.3, 0.4) is 0 Å². The molecule has 0 aliphatic carbocycles. The van der Waals surface area contributed by atoms with Gasteiger partial charge in [0.1, 0.15) is 36.1 Å². The lowest BCUT2D eigenvalue weighted by atomic mass is 9.92. The summed E-state index contributed by atoms with van der Waals surface area (Å²) >= 11 is 0. The number of H-pyrrole nitrogens is 2. The van der Waals surface area contributed by atoms with Crippen molar-refractivity contribution in [2.75, 3.05) is 27.3 Å². The molecule has 15 nitrogen and oxygen atoms in total. The molecular weight excluding hydrogens is 765 g/mol. The van der Waals surface area contributed by atoms with E-state index in [1.54, 1.807) is 0 Å². The summed E-state index contributed by atoms with van der Waals surface area (Å²) in [6.45, 7) is 13.4. The fourth-order valence-corrected chi connectivity index (χ4v) is 9.14. The Labute approximate surface area is 348 Å². The number of carbonyl (C=O) groups is 4. The Morgan fingerprint density at radius 3 is 2.00 bits per heavy atom. The van der Waals surface area contributed by atoms with E-state index in [9.17, 15) is 19.2 Å². The maximum Gasteiger partial charge on any atom is 0.407 e. The molecule has 5 aromatic rings. The predicted molar refractivity (Wildman–Crippen MR) is 226 cm³/mol. The number of fused-ring (bicyclic) bond motifs is 6. The highest BCUT2D eigenvalue weighted by Crippen LogP contribution is 2.44. The number of imidazole rings is 2. The zero-order valence-corrected chi connectivity index (χ0v) is 35.4. The van der Waals surface area contributed by atoms with Crippen LogP contribution >= 0.6 is 0 Å². The summed E-state index contributed by atoms with van der Waals surface area (Å²) < 4.78 is 16.0. The quantitative estimate of drug-likeness (QED) is 0.119. The van der Waals surface area contributed by atoms with Crippen LogP contribution in [0.15, 0.2) is 48.7 Å². The SMILES string of the molecule is COC(=O)NC(C(=O)N1C[C@@H](C)C[C@H]1c1nc2ccc3cc4c(cc3c2[nH]1)OCc1cc(-c2cnc([C@@H]3C[C@H](C)CN3C(=O)[C@@H](NC(=O)OC)C(C)C)[nH]2)ccc1-4)C(C)C. The van der Waals surface area contributed by atoms with E-state index in [2.05, 4.69) is 70.8 Å². The van der Waals surface area contributed by atoms with Crippen molar-refractivity contribution < 1.29 is 33.4 Å². The molecule has 2 saturated heterocycles. The predicted octanol–water partition coefficient (Wildman–Crippen LogP) is 7.25. The van der Waals surface area contributed by atoms with Crippen molar-refractivity contribution in [3.63, 3.8) is 0 Å². The minimum atomic E-state index is -0.721.